The largest absolute Gasteiger partial charge is 0.446 e. The molecular weight excluding hydrogens is 379 g/mol. The van der Waals surface area contributed by atoms with Gasteiger partial charge in [-0.2, -0.15) is 26.3 Å². The summed E-state index contributed by atoms with van der Waals surface area (Å²) in [7, 11) is 0. The summed E-state index contributed by atoms with van der Waals surface area (Å²) in [6.07, 6.45) is -11.5. The van der Waals surface area contributed by atoms with E-state index in [1.54, 1.807) is 0 Å². The van der Waals surface area contributed by atoms with Gasteiger partial charge in [0.05, 0.1) is 0 Å². The zero-order valence-corrected chi connectivity index (χ0v) is 11.5. The summed E-state index contributed by atoms with van der Waals surface area (Å²) in [5.74, 6) is -4.71. The molecule has 0 aromatic carbocycles. The highest BCUT2D eigenvalue weighted by Gasteiger charge is 2.61. The SMILES string of the molecule is O=C(NCCNC(=O)[C@@](F)(Cl)C(F)(F)F)[C@@](F)(Cl)C(F)(F)F. The standard InChI is InChI=1S/C8H6Cl2F8N2O2/c9-5(11,7(13,14)15)3(21)19-1-2-20-4(22)6(10,12)8(16,17)18/h1-2H2,(H,19,21)(H,20,22)/t5-,6-/m0/s1. The second-order valence-electron chi connectivity index (χ2n) is 3.66. The minimum absolute atomic E-state index is 0.968. The zero-order valence-electron chi connectivity index (χ0n) is 10.0. The predicted octanol–water partition coefficient (Wildman–Crippen LogP) is 2.15. The molecule has 4 nitrogen and oxygen atoms in total. The van der Waals surface area contributed by atoms with E-state index in [9.17, 15) is 44.7 Å². The fourth-order valence-electron chi connectivity index (χ4n) is 0.832. The Bertz CT molecular complexity index is 395. The highest BCUT2D eigenvalue weighted by molar-refractivity contribution is 6.34. The highest BCUT2D eigenvalue weighted by Crippen LogP contribution is 2.38. The maximum atomic E-state index is 12.8. The predicted molar refractivity (Wildman–Crippen MR) is 57.5 cm³/mol. The molecule has 0 aromatic heterocycles. The van der Waals surface area contributed by atoms with Gasteiger partial charge in [-0.1, -0.05) is 23.2 Å². The van der Waals surface area contributed by atoms with E-state index in [1.807, 2.05) is 0 Å². The molecule has 0 aliphatic rings. The summed E-state index contributed by atoms with van der Waals surface area (Å²) in [5, 5.41) is -7.03. The van der Waals surface area contributed by atoms with Crippen LogP contribution in [0.25, 0.3) is 0 Å². The lowest BCUT2D eigenvalue weighted by molar-refractivity contribution is -0.202. The molecule has 0 fully saturated rings. The second kappa shape index (κ2) is 6.60. The van der Waals surface area contributed by atoms with Gasteiger partial charge in [-0.05, 0) is 0 Å². The van der Waals surface area contributed by atoms with Gasteiger partial charge in [0.1, 0.15) is 0 Å². The van der Waals surface area contributed by atoms with Crippen molar-refractivity contribution in [2.45, 2.75) is 22.6 Å². The van der Waals surface area contributed by atoms with E-state index in [2.05, 4.69) is 23.2 Å². The maximum Gasteiger partial charge on any atom is 0.446 e. The van der Waals surface area contributed by atoms with Crippen LogP contribution < -0.4 is 10.6 Å². The van der Waals surface area contributed by atoms with Crippen molar-refractivity contribution in [2.24, 2.45) is 0 Å². The monoisotopic (exact) mass is 384 g/mol. The molecule has 0 bridgehead atoms. The van der Waals surface area contributed by atoms with Crippen molar-refractivity contribution in [1.29, 1.82) is 0 Å². The van der Waals surface area contributed by atoms with Gasteiger partial charge in [-0.15, -0.1) is 0 Å². The number of nitrogens with one attached hydrogen (secondary N) is 2. The van der Waals surface area contributed by atoms with Crippen molar-refractivity contribution in [1.82, 2.24) is 10.6 Å². The van der Waals surface area contributed by atoms with E-state index < -0.39 is 47.5 Å². The molecule has 0 saturated heterocycles. The third kappa shape index (κ3) is 4.73. The number of carbonyl (C=O) groups is 2. The van der Waals surface area contributed by atoms with Gasteiger partial charge in [0.25, 0.3) is 11.8 Å². The Kier molecular flexibility index (Phi) is 6.29. The van der Waals surface area contributed by atoms with Crippen molar-refractivity contribution in [2.75, 3.05) is 13.1 Å². The van der Waals surface area contributed by atoms with E-state index in [1.165, 1.54) is 10.6 Å². The molecule has 130 valence electrons. The zero-order chi connectivity index (χ0) is 18.0. The second-order valence-corrected chi connectivity index (χ2v) is 4.70. The Hall–Kier alpha value is -1.04. The molecule has 0 unspecified atom stereocenters. The molecule has 0 aliphatic heterocycles. The Morgan fingerprint density at radius 1 is 0.682 bits per heavy atom. The summed E-state index contributed by atoms with van der Waals surface area (Å²) >= 11 is 8.63. The molecule has 2 N–H and O–H groups in total. The quantitative estimate of drug-likeness (QED) is 0.433. The van der Waals surface area contributed by atoms with E-state index in [-0.39, 0.29) is 0 Å². The fraction of sp³-hybridized carbons (Fsp3) is 0.750. The number of hydrogen-bond donors (Lipinski definition) is 2. The Balaban J connectivity index is 4.42. The summed E-state index contributed by atoms with van der Waals surface area (Å²) in [4.78, 5) is 21.6. The van der Waals surface area contributed by atoms with Crippen LogP contribution in [0.5, 0.6) is 0 Å². The Morgan fingerprint density at radius 2 is 0.909 bits per heavy atom. The molecule has 2 amide bonds. The van der Waals surface area contributed by atoms with Crippen LogP contribution >= 0.6 is 23.2 Å². The molecule has 22 heavy (non-hydrogen) atoms. The van der Waals surface area contributed by atoms with Crippen molar-refractivity contribution in [3.8, 4) is 0 Å². The van der Waals surface area contributed by atoms with Crippen molar-refractivity contribution >= 4 is 35.0 Å². The van der Waals surface area contributed by atoms with Gasteiger partial charge in [-0.3, -0.25) is 9.59 Å². The maximum absolute atomic E-state index is 12.8. The van der Waals surface area contributed by atoms with Crippen LogP contribution in [0.2, 0.25) is 0 Å². The van der Waals surface area contributed by atoms with Gasteiger partial charge in [0.15, 0.2) is 0 Å². The normalized spacial score (nSPS) is 18.1. The fourth-order valence-corrected chi connectivity index (χ4v) is 0.965. The van der Waals surface area contributed by atoms with E-state index in [0.717, 1.165) is 0 Å². The molecule has 0 spiro atoms. The number of carbonyl (C=O) groups excluding carboxylic acids is 2. The Morgan fingerprint density at radius 3 is 1.09 bits per heavy atom. The average molecular weight is 385 g/mol. The molecule has 0 heterocycles. The lowest BCUT2D eigenvalue weighted by atomic mass is 10.3. The van der Waals surface area contributed by atoms with Crippen molar-refractivity contribution in [3.05, 3.63) is 0 Å². The summed E-state index contributed by atoms with van der Waals surface area (Å²) in [6, 6.07) is 0. The summed E-state index contributed by atoms with van der Waals surface area (Å²) in [5.41, 5.74) is 0. The number of hydrogen-bond acceptors (Lipinski definition) is 2. The van der Waals surface area contributed by atoms with Gasteiger partial charge in [0, 0.05) is 13.1 Å². The molecular formula is C8H6Cl2F8N2O2. The smallest absolute Gasteiger partial charge is 0.350 e. The van der Waals surface area contributed by atoms with Crippen LogP contribution in [-0.2, 0) is 9.59 Å². The van der Waals surface area contributed by atoms with Gasteiger partial charge in [-0.25, -0.2) is 8.78 Å². The van der Waals surface area contributed by atoms with Gasteiger partial charge in [0.2, 0.25) is 0 Å². The topological polar surface area (TPSA) is 58.2 Å². The number of alkyl halides is 10. The van der Waals surface area contributed by atoms with Crippen LogP contribution in [0.4, 0.5) is 35.1 Å². The lowest BCUT2D eigenvalue weighted by Crippen LogP contribution is -2.53. The Labute approximate surface area is 127 Å². The third-order valence-electron chi connectivity index (χ3n) is 1.98. The molecule has 0 radical (unpaired) electrons. The van der Waals surface area contributed by atoms with Crippen molar-refractivity contribution in [3.63, 3.8) is 0 Å². The van der Waals surface area contributed by atoms with Crippen molar-refractivity contribution < 1.29 is 44.7 Å². The van der Waals surface area contributed by atoms with E-state index in [4.69, 9.17) is 0 Å². The average Bonchev–Trinajstić information content (AvgIpc) is 2.30. The number of halogens is 10. The van der Waals surface area contributed by atoms with E-state index in [0.29, 0.717) is 0 Å². The van der Waals surface area contributed by atoms with Crippen LogP contribution in [0.15, 0.2) is 0 Å². The first-order valence-electron chi connectivity index (χ1n) is 5.01. The molecule has 0 rings (SSSR count). The van der Waals surface area contributed by atoms with Gasteiger partial charge < -0.3 is 10.6 Å². The lowest BCUT2D eigenvalue weighted by Gasteiger charge is -2.21. The van der Waals surface area contributed by atoms with Crippen LogP contribution in [0.3, 0.4) is 0 Å². The van der Waals surface area contributed by atoms with Crippen LogP contribution in [-0.4, -0.2) is 47.5 Å². The summed E-state index contributed by atoms with van der Waals surface area (Å²) in [6.45, 7) is -1.94. The minimum Gasteiger partial charge on any atom is -0.350 e. The molecule has 2 atom stereocenters. The number of rotatable bonds is 5. The first-order valence-corrected chi connectivity index (χ1v) is 5.76. The first-order chi connectivity index (χ1) is 9.55. The number of amides is 2. The molecule has 0 aliphatic carbocycles. The minimum atomic E-state index is -5.75. The molecule has 0 aromatic rings. The summed E-state index contributed by atoms with van der Waals surface area (Å²) < 4.78 is 97.5. The molecule has 14 heteroatoms. The third-order valence-corrected chi connectivity index (χ3v) is 2.75. The van der Waals surface area contributed by atoms with Gasteiger partial charge >= 0.3 is 22.6 Å². The van der Waals surface area contributed by atoms with Crippen LogP contribution in [0, 0.1) is 0 Å². The first kappa shape index (κ1) is 21.0. The van der Waals surface area contributed by atoms with Crippen LogP contribution in [0.1, 0.15) is 0 Å². The highest BCUT2D eigenvalue weighted by atomic mass is 35.5. The van der Waals surface area contributed by atoms with E-state index >= 15 is 0 Å². The molecule has 0 saturated carbocycles.